The normalized spacial score (nSPS) is 25.8. The molecule has 1 aliphatic rings. The first kappa shape index (κ1) is 12.6. The summed E-state index contributed by atoms with van der Waals surface area (Å²) < 4.78 is 0. The molecule has 2 unspecified atom stereocenters. The van der Waals surface area contributed by atoms with Crippen molar-refractivity contribution in [1.29, 1.82) is 0 Å². The van der Waals surface area contributed by atoms with Crippen molar-refractivity contribution in [3.8, 4) is 0 Å². The Kier molecular flexibility index (Phi) is 3.99. The average Bonchev–Trinajstić information content (AvgIpc) is 2.40. The predicted molar refractivity (Wildman–Crippen MR) is 59.5 cm³/mol. The van der Waals surface area contributed by atoms with Gasteiger partial charge in [0.15, 0.2) is 5.78 Å². The molecule has 0 saturated carbocycles. The third-order valence-electron chi connectivity index (χ3n) is 2.93. The van der Waals surface area contributed by atoms with Crippen molar-refractivity contribution in [1.82, 2.24) is 4.90 Å². The van der Waals surface area contributed by atoms with Crippen molar-refractivity contribution >= 4 is 17.6 Å². The van der Waals surface area contributed by atoms with Crippen LogP contribution in [0.25, 0.3) is 0 Å². The molecule has 0 radical (unpaired) electrons. The van der Waals surface area contributed by atoms with Gasteiger partial charge in [-0.2, -0.15) is 0 Å². The number of likely N-dealkylation sites (tertiary alicyclic amines) is 1. The number of carbonyl (C=O) groups excluding carboxylic acids is 3. The fourth-order valence-electron chi connectivity index (χ4n) is 1.70. The van der Waals surface area contributed by atoms with Crippen LogP contribution in [-0.2, 0) is 14.4 Å². The van der Waals surface area contributed by atoms with E-state index in [0.29, 0.717) is 13.0 Å². The standard InChI is InChI=1S/C12H17NO3/c1-8(14)6-4-5-7-13-11(15)9(2)10(3)12(13)16/h4,6,9-10H,5,7H2,1-3H3. The Balaban J connectivity index is 2.52. The monoisotopic (exact) mass is 223 g/mol. The second kappa shape index (κ2) is 5.05. The highest BCUT2D eigenvalue weighted by Crippen LogP contribution is 2.25. The smallest absolute Gasteiger partial charge is 0.232 e. The molecule has 1 fully saturated rings. The maximum atomic E-state index is 11.7. The highest BCUT2D eigenvalue weighted by Gasteiger charge is 2.41. The summed E-state index contributed by atoms with van der Waals surface area (Å²) in [5.74, 6) is -0.670. The number of imide groups is 1. The molecule has 1 aliphatic heterocycles. The molecule has 1 heterocycles. The summed E-state index contributed by atoms with van der Waals surface area (Å²) in [5, 5.41) is 0. The molecule has 0 spiro atoms. The van der Waals surface area contributed by atoms with Crippen molar-refractivity contribution in [2.75, 3.05) is 6.54 Å². The van der Waals surface area contributed by atoms with Crippen LogP contribution in [0.1, 0.15) is 27.2 Å². The predicted octanol–water partition coefficient (Wildman–Crippen LogP) is 1.16. The van der Waals surface area contributed by atoms with Crippen LogP contribution in [0.15, 0.2) is 12.2 Å². The lowest BCUT2D eigenvalue weighted by Gasteiger charge is -2.12. The molecular formula is C12H17NO3. The van der Waals surface area contributed by atoms with Crippen molar-refractivity contribution in [2.24, 2.45) is 11.8 Å². The largest absolute Gasteiger partial charge is 0.295 e. The van der Waals surface area contributed by atoms with Crippen molar-refractivity contribution < 1.29 is 14.4 Å². The van der Waals surface area contributed by atoms with Gasteiger partial charge in [-0.05, 0) is 19.4 Å². The molecule has 4 heteroatoms. The number of ketones is 1. The van der Waals surface area contributed by atoms with E-state index in [9.17, 15) is 14.4 Å². The first-order valence-electron chi connectivity index (χ1n) is 5.47. The summed E-state index contributed by atoms with van der Waals surface area (Å²) in [6.07, 6.45) is 3.69. The van der Waals surface area contributed by atoms with Crippen LogP contribution in [-0.4, -0.2) is 29.0 Å². The Morgan fingerprint density at radius 1 is 1.25 bits per heavy atom. The van der Waals surface area contributed by atoms with Gasteiger partial charge in [-0.3, -0.25) is 19.3 Å². The molecule has 1 rings (SSSR count). The molecule has 1 saturated heterocycles. The summed E-state index contributed by atoms with van der Waals surface area (Å²) >= 11 is 0. The molecule has 0 aliphatic carbocycles. The third kappa shape index (κ3) is 2.56. The zero-order valence-electron chi connectivity index (χ0n) is 9.90. The van der Waals surface area contributed by atoms with Gasteiger partial charge in [0.1, 0.15) is 0 Å². The van der Waals surface area contributed by atoms with Crippen LogP contribution in [0.2, 0.25) is 0 Å². The molecule has 4 nitrogen and oxygen atoms in total. The summed E-state index contributed by atoms with van der Waals surface area (Å²) in [6.45, 7) is 5.38. The second-order valence-electron chi connectivity index (χ2n) is 4.21. The van der Waals surface area contributed by atoms with Crippen molar-refractivity contribution in [3.63, 3.8) is 0 Å². The molecule has 2 atom stereocenters. The van der Waals surface area contributed by atoms with Crippen LogP contribution in [0.4, 0.5) is 0 Å². The van der Waals surface area contributed by atoms with Gasteiger partial charge in [0, 0.05) is 18.4 Å². The number of amides is 2. The molecular weight excluding hydrogens is 206 g/mol. The van der Waals surface area contributed by atoms with E-state index in [1.165, 1.54) is 17.9 Å². The summed E-state index contributed by atoms with van der Waals surface area (Å²) in [4.78, 5) is 35.3. The van der Waals surface area contributed by atoms with Crippen LogP contribution < -0.4 is 0 Å². The number of nitrogens with zero attached hydrogens (tertiary/aromatic N) is 1. The molecule has 0 bridgehead atoms. The van der Waals surface area contributed by atoms with E-state index < -0.39 is 0 Å². The van der Waals surface area contributed by atoms with E-state index in [1.54, 1.807) is 19.9 Å². The van der Waals surface area contributed by atoms with E-state index in [1.807, 2.05) is 0 Å². The van der Waals surface area contributed by atoms with Gasteiger partial charge in [0.25, 0.3) is 0 Å². The first-order chi connectivity index (χ1) is 7.45. The zero-order valence-corrected chi connectivity index (χ0v) is 9.90. The van der Waals surface area contributed by atoms with Gasteiger partial charge in [-0.1, -0.05) is 19.9 Å². The van der Waals surface area contributed by atoms with E-state index in [0.717, 1.165) is 0 Å². The summed E-state index contributed by atoms with van der Waals surface area (Å²) in [7, 11) is 0. The van der Waals surface area contributed by atoms with E-state index >= 15 is 0 Å². The van der Waals surface area contributed by atoms with Crippen LogP contribution >= 0.6 is 0 Å². The number of carbonyl (C=O) groups is 3. The van der Waals surface area contributed by atoms with E-state index in [-0.39, 0.29) is 29.4 Å². The van der Waals surface area contributed by atoms with Crippen molar-refractivity contribution in [3.05, 3.63) is 12.2 Å². The van der Waals surface area contributed by atoms with Crippen molar-refractivity contribution in [2.45, 2.75) is 27.2 Å². The Labute approximate surface area is 95.3 Å². The van der Waals surface area contributed by atoms with Gasteiger partial charge in [-0.15, -0.1) is 0 Å². The number of hydrogen-bond donors (Lipinski definition) is 0. The average molecular weight is 223 g/mol. The van der Waals surface area contributed by atoms with Gasteiger partial charge in [0.05, 0.1) is 0 Å². The lowest BCUT2D eigenvalue weighted by molar-refractivity contribution is -0.139. The lowest BCUT2D eigenvalue weighted by atomic mass is 10.00. The maximum absolute atomic E-state index is 11.7. The highest BCUT2D eigenvalue weighted by atomic mass is 16.2. The molecule has 16 heavy (non-hydrogen) atoms. The Hall–Kier alpha value is -1.45. The first-order valence-corrected chi connectivity index (χ1v) is 5.47. The molecule has 2 amide bonds. The maximum Gasteiger partial charge on any atom is 0.232 e. The second-order valence-corrected chi connectivity index (χ2v) is 4.21. The molecule has 0 aromatic carbocycles. The van der Waals surface area contributed by atoms with Crippen LogP contribution in [0.3, 0.4) is 0 Å². The molecule has 0 N–H and O–H groups in total. The summed E-state index contributed by atoms with van der Waals surface area (Å²) in [5.41, 5.74) is 0. The van der Waals surface area contributed by atoms with E-state index in [4.69, 9.17) is 0 Å². The SMILES string of the molecule is CC(=O)C=CCCN1C(=O)C(C)C(C)C1=O. The fourth-order valence-corrected chi connectivity index (χ4v) is 1.70. The number of hydrogen-bond acceptors (Lipinski definition) is 3. The van der Waals surface area contributed by atoms with Gasteiger partial charge in [-0.25, -0.2) is 0 Å². The minimum Gasteiger partial charge on any atom is -0.295 e. The Morgan fingerprint density at radius 2 is 1.75 bits per heavy atom. The lowest BCUT2D eigenvalue weighted by Crippen LogP contribution is -2.31. The minimum absolute atomic E-state index is 0.0270. The number of rotatable bonds is 4. The highest BCUT2D eigenvalue weighted by molar-refractivity contribution is 6.04. The van der Waals surface area contributed by atoms with Gasteiger partial charge < -0.3 is 0 Å². The van der Waals surface area contributed by atoms with Gasteiger partial charge >= 0.3 is 0 Å². The van der Waals surface area contributed by atoms with Crippen LogP contribution in [0, 0.1) is 11.8 Å². The molecule has 0 aromatic heterocycles. The fraction of sp³-hybridized carbons (Fsp3) is 0.583. The van der Waals surface area contributed by atoms with Crippen LogP contribution in [0.5, 0.6) is 0 Å². The Morgan fingerprint density at radius 3 is 2.19 bits per heavy atom. The molecule has 0 aromatic rings. The third-order valence-corrected chi connectivity index (χ3v) is 2.93. The van der Waals surface area contributed by atoms with Gasteiger partial charge in [0.2, 0.25) is 11.8 Å². The topological polar surface area (TPSA) is 54.5 Å². The van der Waals surface area contributed by atoms with E-state index in [2.05, 4.69) is 0 Å². The zero-order chi connectivity index (χ0) is 12.3. The summed E-state index contributed by atoms with van der Waals surface area (Å²) in [6, 6.07) is 0. The number of allylic oxidation sites excluding steroid dienone is 1. The minimum atomic E-state index is -0.218. The Bertz CT molecular complexity index is 326. The quantitative estimate of drug-likeness (QED) is 0.531. The molecule has 88 valence electrons.